The minimum Gasteiger partial charge on any atom is -0.378 e. The molecule has 1 heterocycles. The third kappa shape index (κ3) is 1.15. The Morgan fingerprint density at radius 1 is 1.62 bits per heavy atom. The Labute approximate surface area is 62.9 Å². The van der Waals surface area contributed by atoms with Gasteiger partial charge in [0.15, 0.2) is 0 Å². The summed E-state index contributed by atoms with van der Waals surface area (Å²) in [5.74, 6) is 3.07. The molecular weight excluding hydrogens is 215 g/mol. The molecule has 1 aliphatic rings. The fraction of sp³-hybridized carbons (Fsp3) is 0.667. The first-order valence-electron chi connectivity index (χ1n) is 2.47. The van der Waals surface area contributed by atoms with Gasteiger partial charge in [0, 0.05) is 22.6 Å². The molecule has 1 fully saturated rings. The SMILES string of the molecule is CC1(C#CI)COC1. The summed E-state index contributed by atoms with van der Waals surface area (Å²) in [4.78, 5) is 0. The molecule has 0 aromatic rings. The first kappa shape index (κ1) is 6.37. The summed E-state index contributed by atoms with van der Waals surface area (Å²) in [6.07, 6.45) is 0. The van der Waals surface area contributed by atoms with Gasteiger partial charge in [-0.05, 0) is 10.9 Å². The normalized spacial score (nSPS) is 22.8. The van der Waals surface area contributed by atoms with Crippen LogP contribution in [0.2, 0.25) is 0 Å². The largest absolute Gasteiger partial charge is 0.378 e. The van der Waals surface area contributed by atoms with Gasteiger partial charge in [0.1, 0.15) is 0 Å². The molecule has 2 heteroatoms. The average molecular weight is 222 g/mol. The molecule has 44 valence electrons. The molecular formula is C6H7IO. The molecule has 0 unspecified atom stereocenters. The summed E-state index contributed by atoms with van der Waals surface area (Å²) in [6.45, 7) is 3.73. The second-order valence-electron chi connectivity index (χ2n) is 2.27. The minimum atomic E-state index is 0.182. The maximum Gasteiger partial charge on any atom is 0.0760 e. The van der Waals surface area contributed by atoms with E-state index in [1.54, 1.807) is 0 Å². The van der Waals surface area contributed by atoms with Crippen LogP contribution in [0.4, 0.5) is 0 Å². The van der Waals surface area contributed by atoms with Crippen LogP contribution in [0, 0.1) is 15.3 Å². The first-order chi connectivity index (χ1) is 3.77. The van der Waals surface area contributed by atoms with Gasteiger partial charge in [-0.3, -0.25) is 0 Å². The number of ether oxygens (including phenoxy) is 1. The van der Waals surface area contributed by atoms with Gasteiger partial charge in [0.05, 0.1) is 18.6 Å². The summed E-state index contributed by atoms with van der Waals surface area (Å²) in [5, 5.41) is 0. The quantitative estimate of drug-likeness (QED) is 0.445. The Bertz CT molecular complexity index is 138. The molecule has 0 N–H and O–H groups in total. The van der Waals surface area contributed by atoms with Crippen molar-refractivity contribution in [1.82, 2.24) is 0 Å². The number of hydrogen-bond donors (Lipinski definition) is 0. The summed E-state index contributed by atoms with van der Waals surface area (Å²) in [7, 11) is 0. The van der Waals surface area contributed by atoms with Crippen LogP contribution >= 0.6 is 22.6 Å². The van der Waals surface area contributed by atoms with Crippen molar-refractivity contribution < 1.29 is 4.74 Å². The minimum absolute atomic E-state index is 0.182. The van der Waals surface area contributed by atoms with Crippen molar-refractivity contribution in [2.75, 3.05) is 13.2 Å². The number of halogens is 1. The molecule has 0 aromatic heterocycles. The van der Waals surface area contributed by atoms with Crippen LogP contribution in [-0.4, -0.2) is 13.2 Å². The standard InChI is InChI=1S/C6H7IO/c1-6(2-3-7)4-8-5-6/h4-5H2,1H3. The van der Waals surface area contributed by atoms with Gasteiger partial charge in [0.2, 0.25) is 0 Å². The zero-order valence-corrected chi connectivity index (χ0v) is 6.86. The lowest BCUT2D eigenvalue weighted by atomic mass is 9.90. The van der Waals surface area contributed by atoms with Crippen LogP contribution < -0.4 is 0 Å². The molecule has 8 heavy (non-hydrogen) atoms. The van der Waals surface area contributed by atoms with Crippen molar-refractivity contribution >= 4 is 22.6 Å². The van der Waals surface area contributed by atoms with E-state index in [1.165, 1.54) is 0 Å². The molecule has 0 spiro atoms. The molecule has 0 amide bonds. The summed E-state index contributed by atoms with van der Waals surface area (Å²) in [5.41, 5.74) is 0.182. The molecule has 1 saturated heterocycles. The van der Waals surface area contributed by atoms with Crippen LogP contribution in [0.3, 0.4) is 0 Å². The lowest BCUT2D eigenvalue weighted by Crippen LogP contribution is -2.38. The van der Waals surface area contributed by atoms with Gasteiger partial charge < -0.3 is 4.74 Å². The van der Waals surface area contributed by atoms with Crippen LogP contribution in [0.25, 0.3) is 0 Å². The number of rotatable bonds is 0. The van der Waals surface area contributed by atoms with E-state index in [0.717, 1.165) is 13.2 Å². The predicted molar refractivity (Wildman–Crippen MR) is 40.7 cm³/mol. The maximum absolute atomic E-state index is 4.98. The van der Waals surface area contributed by atoms with Crippen molar-refractivity contribution in [2.24, 2.45) is 5.41 Å². The van der Waals surface area contributed by atoms with E-state index < -0.39 is 0 Å². The van der Waals surface area contributed by atoms with Gasteiger partial charge in [-0.1, -0.05) is 5.92 Å². The Hall–Kier alpha value is 0.250. The Morgan fingerprint density at radius 2 is 2.25 bits per heavy atom. The van der Waals surface area contributed by atoms with Crippen LogP contribution in [0.15, 0.2) is 0 Å². The molecule has 1 aliphatic heterocycles. The smallest absolute Gasteiger partial charge is 0.0760 e. The van der Waals surface area contributed by atoms with E-state index >= 15 is 0 Å². The topological polar surface area (TPSA) is 9.23 Å². The van der Waals surface area contributed by atoms with E-state index in [-0.39, 0.29) is 5.41 Å². The highest BCUT2D eigenvalue weighted by atomic mass is 127. The summed E-state index contributed by atoms with van der Waals surface area (Å²) < 4.78 is 7.83. The van der Waals surface area contributed by atoms with Gasteiger partial charge in [-0.2, -0.15) is 0 Å². The van der Waals surface area contributed by atoms with E-state index in [2.05, 4.69) is 39.4 Å². The van der Waals surface area contributed by atoms with E-state index in [1.807, 2.05) is 0 Å². The molecule has 1 rings (SSSR count). The lowest BCUT2D eigenvalue weighted by Gasteiger charge is -2.32. The van der Waals surface area contributed by atoms with E-state index in [0.29, 0.717) is 0 Å². The fourth-order valence-corrected chi connectivity index (χ4v) is 1.25. The van der Waals surface area contributed by atoms with Gasteiger partial charge in [-0.15, -0.1) is 0 Å². The van der Waals surface area contributed by atoms with Crippen molar-refractivity contribution in [2.45, 2.75) is 6.92 Å². The van der Waals surface area contributed by atoms with Crippen molar-refractivity contribution in [3.8, 4) is 9.85 Å². The third-order valence-corrected chi connectivity index (χ3v) is 1.46. The first-order valence-corrected chi connectivity index (χ1v) is 3.55. The van der Waals surface area contributed by atoms with Crippen molar-refractivity contribution in [1.29, 1.82) is 0 Å². The average Bonchev–Trinajstić information content (AvgIpc) is 1.64. The Balaban J connectivity index is 2.49. The highest BCUT2D eigenvalue weighted by molar-refractivity contribution is 14.1. The van der Waals surface area contributed by atoms with Gasteiger partial charge in [-0.25, -0.2) is 0 Å². The second-order valence-corrected chi connectivity index (χ2v) is 2.81. The second kappa shape index (κ2) is 2.24. The molecule has 0 aliphatic carbocycles. The van der Waals surface area contributed by atoms with Gasteiger partial charge >= 0.3 is 0 Å². The highest BCUT2D eigenvalue weighted by Gasteiger charge is 2.30. The van der Waals surface area contributed by atoms with Crippen LogP contribution in [-0.2, 0) is 4.74 Å². The molecule has 0 bridgehead atoms. The Kier molecular flexibility index (Phi) is 1.78. The van der Waals surface area contributed by atoms with Gasteiger partial charge in [0.25, 0.3) is 0 Å². The zero-order valence-electron chi connectivity index (χ0n) is 4.70. The third-order valence-electron chi connectivity index (χ3n) is 1.19. The lowest BCUT2D eigenvalue weighted by molar-refractivity contribution is -0.0647. The molecule has 0 aromatic carbocycles. The monoisotopic (exact) mass is 222 g/mol. The van der Waals surface area contributed by atoms with Crippen molar-refractivity contribution in [3.05, 3.63) is 0 Å². The maximum atomic E-state index is 4.98. The molecule has 0 radical (unpaired) electrons. The molecule has 1 nitrogen and oxygen atoms in total. The Morgan fingerprint density at radius 3 is 2.38 bits per heavy atom. The van der Waals surface area contributed by atoms with Crippen LogP contribution in [0.5, 0.6) is 0 Å². The fourth-order valence-electron chi connectivity index (χ4n) is 0.594. The summed E-state index contributed by atoms with van der Waals surface area (Å²) >= 11 is 2.05. The summed E-state index contributed by atoms with van der Waals surface area (Å²) in [6, 6.07) is 0. The predicted octanol–water partition coefficient (Wildman–Crippen LogP) is 1.42. The molecule has 0 atom stereocenters. The molecule has 0 saturated carbocycles. The van der Waals surface area contributed by atoms with E-state index in [9.17, 15) is 0 Å². The van der Waals surface area contributed by atoms with Crippen LogP contribution in [0.1, 0.15) is 6.92 Å². The zero-order chi connectivity index (χ0) is 6.04. The van der Waals surface area contributed by atoms with E-state index in [4.69, 9.17) is 4.74 Å². The van der Waals surface area contributed by atoms with Crippen molar-refractivity contribution in [3.63, 3.8) is 0 Å². The highest BCUT2D eigenvalue weighted by Crippen LogP contribution is 2.24. The number of hydrogen-bond acceptors (Lipinski definition) is 1.